The molecule has 0 bridgehead atoms. The molecule has 1 saturated heterocycles. The molecule has 1 aromatic rings. The van der Waals surface area contributed by atoms with Crippen LogP contribution in [0.4, 0.5) is 5.69 Å². The van der Waals surface area contributed by atoms with Gasteiger partial charge in [-0.2, -0.15) is 0 Å². The lowest BCUT2D eigenvalue weighted by Crippen LogP contribution is -2.33. The predicted octanol–water partition coefficient (Wildman–Crippen LogP) is 1.46. The van der Waals surface area contributed by atoms with Gasteiger partial charge in [-0.25, -0.2) is 0 Å². The monoisotopic (exact) mass is 248 g/mol. The fourth-order valence-corrected chi connectivity index (χ4v) is 2.29. The number of carbonyl (C=O) groups excluding carboxylic acids is 1. The van der Waals surface area contributed by atoms with E-state index in [2.05, 4.69) is 10.2 Å². The Hall–Kier alpha value is -1.55. The van der Waals surface area contributed by atoms with Gasteiger partial charge in [-0.05, 0) is 18.9 Å². The number of aliphatic hydroxyl groups excluding tert-OH is 1. The zero-order valence-corrected chi connectivity index (χ0v) is 10.7. The number of aliphatic hydroxyl groups is 1. The minimum atomic E-state index is -0.465. The molecule has 1 amide bonds. The van der Waals surface area contributed by atoms with Gasteiger partial charge in [0.05, 0.1) is 12.6 Å². The maximum Gasteiger partial charge on any atom is 0.239 e. The lowest BCUT2D eigenvalue weighted by Gasteiger charge is -2.25. The molecule has 18 heavy (non-hydrogen) atoms. The number of anilines is 1. The highest BCUT2D eigenvalue weighted by Gasteiger charge is 2.19. The molecule has 1 aromatic carbocycles. The maximum atomic E-state index is 11.6. The molecule has 1 aliphatic rings. The first-order chi connectivity index (χ1) is 8.72. The number of nitrogens with zero attached hydrogens (tertiary/aromatic N) is 1. The Labute approximate surface area is 108 Å². The molecule has 4 nitrogen and oxygen atoms in total. The first-order valence-corrected chi connectivity index (χ1v) is 6.51. The van der Waals surface area contributed by atoms with Crippen molar-refractivity contribution in [3.8, 4) is 0 Å². The number of hydrogen-bond donors (Lipinski definition) is 2. The van der Waals surface area contributed by atoms with E-state index < -0.39 is 6.10 Å². The number of hydrogen-bond acceptors (Lipinski definition) is 3. The summed E-state index contributed by atoms with van der Waals surface area (Å²) >= 11 is 0. The molecule has 98 valence electrons. The summed E-state index contributed by atoms with van der Waals surface area (Å²) in [7, 11) is 0. The number of amides is 1. The average Bonchev–Trinajstić information content (AvgIpc) is 2.62. The topological polar surface area (TPSA) is 52.6 Å². The summed E-state index contributed by atoms with van der Waals surface area (Å²) in [5, 5.41) is 12.9. The molecule has 1 atom stereocenters. The SMILES string of the molecule is CC[C@H](O)c1ccccc1N1CCCNC(=O)C1. The van der Waals surface area contributed by atoms with Crippen molar-refractivity contribution in [2.75, 3.05) is 24.5 Å². The highest BCUT2D eigenvalue weighted by Crippen LogP contribution is 2.28. The normalized spacial score (nSPS) is 18.1. The van der Waals surface area contributed by atoms with Gasteiger partial charge < -0.3 is 15.3 Å². The second kappa shape index (κ2) is 5.87. The van der Waals surface area contributed by atoms with Crippen molar-refractivity contribution in [1.29, 1.82) is 0 Å². The van der Waals surface area contributed by atoms with E-state index in [9.17, 15) is 9.90 Å². The van der Waals surface area contributed by atoms with E-state index in [1.54, 1.807) is 0 Å². The van der Waals surface area contributed by atoms with Crippen LogP contribution in [0.15, 0.2) is 24.3 Å². The van der Waals surface area contributed by atoms with Gasteiger partial charge in [-0.15, -0.1) is 0 Å². The second-order valence-corrected chi connectivity index (χ2v) is 4.61. The van der Waals surface area contributed by atoms with E-state index in [-0.39, 0.29) is 5.91 Å². The van der Waals surface area contributed by atoms with E-state index in [4.69, 9.17) is 0 Å². The van der Waals surface area contributed by atoms with Crippen molar-refractivity contribution < 1.29 is 9.90 Å². The summed E-state index contributed by atoms with van der Waals surface area (Å²) < 4.78 is 0. The van der Waals surface area contributed by atoms with Gasteiger partial charge >= 0.3 is 0 Å². The van der Waals surface area contributed by atoms with Gasteiger partial charge in [0.1, 0.15) is 0 Å². The molecule has 0 aliphatic carbocycles. The maximum absolute atomic E-state index is 11.6. The minimum absolute atomic E-state index is 0.0493. The Morgan fingerprint density at radius 3 is 3.00 bits per heavy atom. The number of benzene rings is 1. The first-order valence-electron chi connectivity index (χ1n) is 6.51. The van der Waals surface area contributed by atoms with Crippen LogP contribution in [0.25, 0.3) is 0 Å². The molecule has 2 rings (SSSR count). The van der Waals surface area contributed by atoms with Gasteiger partial charge in [0, 0.05) is 24.3 Å². The fraction of sp³-hybridized carbons (Fsp3) is 0.500. The van der Waals surface area contributed by atoms with Crippen molar-refractivity contribution in [2.24, 2.45) is 0 Å². The molecule has 0 spiro atoms. The lowest BCUT2D eigenvalue weighted by molar-refractivity contribution is -0.119. The quantitative estimate of drug-likeness (QED) is 0.851. The molecule has 0 radical (unpaired) electrons. The van der Waals surface area contributed by atoms with Crippen LogP contribution in [0.2, 0.25) is 0 Å². The molecule has 0 saturated carbocycles. The molecular weight excluding hydrogens is 228 g/mol. The molecule has 0 unspecified atom stereocenters. The second-order valence-electron chi connectivity index (χ2n) is 4.61. The average molecular weight is 248 g/mol. The summed E-state index contributed by atoms with van der Waals surface area (Å²) in [4.78, 5) is 13.7. The van der Waals surface area contributed by atoms with Crippen LogP contribution in [-0.2, 0) is 4.79 Å². The third kappa shape index (κ3) is 2.82. The van der Waals surface area contributed by atoms with Gasteiger partial charge in [0.15, 0.2) is 0 Å². The van der Waals surface area contributed by atoms with Crippen LogP contribution in [0.1, 0.15) is 31.4 Å². The summed E-state index contributed by atoms with van der Waals surface area (Å²) in [6, 6.07) is 7.79. The number of nitrogens with one attached hydrogen (secondary N) is 1. The fourth-order valence-electron chi connectivity index (χ4n) is 2.29. The van der Waals surface area contributed by atoms with E-state index >= 15 is 0 Å². The highest BCUT2D eigenvalue weighted by atomic mass is 16.3. The standard InChI is InChI=1S/C14H20N2O2/c1-2-13(17)11-6-3-4-7-12(11)16-9-5-8-15-14(18)10-16/h3-4,6-7,13,17H,2,5,8-10H2,1H3,(H,15,18)/t13-/m0/s1. The van der Waals surface area contributed by atoms with E-state index in [1.807, 2.05) is 31.2 Å². The number of rotatable bonds is 3. The zero-order valence-electron chi connectivity index (χ0n) is 10.7. The number of para-hydroxylation sites is 1. The molecule has 2 N–H and O–H groups in total. The molecular formula is C14H20N2O2. The lowest BCUT2D eigenvalue weighted by atomic mass is 10.0. The summed E-state index contributed by atoms with van der Waals surface area (Å²) in [6.07, 6.45) is 1.15. The zero-order chi connectivity index (χ0) is 13.0. The van der Waals surface area contributed by atoms with Crippen LogP contribution in [0.3, 0.4) is 0 Å². The van der Waals surface area contributed by atoms with Crippen LogP contribution in [0, 0.1) is 0 Å². The van der Waals surface area contributed by atoms with Gasteiger partial charge in [-0.3, -0.25) is 4.79 Å². The number of carbonyl (C=O) groups is 1. The molecule has 1 fully saturated rings. The van der Waals surface area contributed by atoms with Gasteiger partial charge in [0.2, 0.25) is 5.91 Å². The summed E-state index contributed by atoms with van der Waals surface area (Å²) in [5.41, 5.74) is 1.89. The van der Waals surface area contributed by atoms with E-state index in [0.29, 0.717) is 13.0 Å². The van der Waals surface area contributed by atoms with E-state index in [0.717, 1.165) is 30.8 Å². The van der Waals surface area contributed by atoms with Crippen LogP contribution >= 0.6 is 0 Å². The summed E-state index contributed by atoms with van der Waals surface area (Å²) in [5.74, 6) is 0.0493. The first kappa shape index (κ1) is 12.9. The van der Waals surface area contributed by atoms with Gasteiger partial charge in [0.25, 0.3) is 0 Å². The molecule has 1 aliphatic heterocycles. The minimum Gasteiger partial charge on any atom is -0.388 e. The van der Waals surface area contributed by atoms with Crippen molar-refractivity contribution in [1.82, 2.24) is 5.32 Å². The molecule has 0 aromatic heterocycles. The summed E-state index contributed by atoms with van der Waals surface area (Å²) in [6.45, 7) is 3.89. The van der Waals surface area contributed by atoms with Crippen LogP contribution in [0.5, 0.6) is 0 Å². The highest BCUT2D eigenvalue weighted by molar-refractivity contribution is 5.82. The third-order valence-corrected chi connectivity index (χ3v) is 3.28. The predicted molar refractivity (Wildman–Crippen MR) is 71.5 cm³/mol. The Morgan fingerprint density at radius 1 is 1.44 bits per heavy atom. The smallest absolute Gasteiger partial charge is 0.239 e. The van der Waals surface area contributed by atoms with Crippen molar-refractivity contribution in [3.63, 3.8) is 0 Å². The third-order valence-electron chi connectivity index (χ3n) is 3.28. The molecule has 4 heteroatoms. The Morgan fingerprint density at radius 2 is 2.22 bits per heavy atom. The van der Waals surface area contributed by atoms with Crippen LogP contribution in [-0.4, -0.2) is 30.6 Å². The van der Waals surface area contributed by atoms with Crippen LogP contribution < -0.4 is 10.2 Å². The largest absolute Gasteiger partial charge is 0.388 e. The van der Waals surface area contributed by atoms with Crippen molar-refractivity contribution in [3.05, 3.63) is 29.8 Å². The Bertz CT molecular complexity index is 420. The van der Waals surface area contributed by atoms with Crippen molar-refractivity contribution >= 4 is 11.6 Å². The molecule has 1 heterocycles. The van der Waals surface area contributed by atoms with Crippen molar-refractivity contribution in [2.45, 2.75) is 25.9 Å². The Balaban J connectivity index is 2.28. The Kier molecular flexibility index (Phi) is 4.20. The van der Waals surface area contributed by atoms with Gasteiger partial charge in [-0.1, -0.05) is 25.1 Å². The van der Waals surface area contributed by atoms with E-state index in [1.165, 1.54) is 0 Å².